The van der Waals surface area contributed by atoms with E-state index in [1.165, 1.54) is 12.1 Å². The first kappa shape index (κ1) is 17.3. The van der Waals surface area contributed by atoms with Crippen LogP contribution >= 0.6 is 0 Å². The summed E-state index contributed by atoms with van der Waals surface area (Å²) < 4.78 is 38.8. The number of anilines is 1. The maximum atomic E-state index is 12.9. The van der Waals surface area contributed by atoms with Gasteiger partial charge in [0.25, 0.3) is 0 Å². The number of hydrogen-bond acceptors (Lipinski definition) is 2. The second kappa shape index (κ2) is 6.37. The van der Waals surface area contributed by atoms with Gasteiger partial charge in [0.05, 0.1) is 11.0 Å². The molecule has 118 valence electrons. The van der Waals surface area contributed by atoms with Crippen molar-refractivity contribution in [1.82, 2.24) is 0 Å². The maximum Gasteiger partial charge on any atom is 0.418 e. The van der Waals surface area contributed by atoms with Crippen molar-refractivity contribution >= 4 is 11.7 Å². The number of para-hydroxylation sites is 1. The third kappa shape index (κ3) is 3.31. The Labute approximate surface area is 122 Å². The zero-order chi connectivity index (χ0) is 16.3. The number of unbranched alkanes of at least 4 members (excludes halogenated alkanes) is 1. The average Bonchev–Trinajstić information content (AvgIpc) is 2.39. The van der Waals surface area contributed by atoms with Crippen LogP contribution in [-0.2, 0) is 16.4 Å². The normalized spacial score (nSPS) is 14.7. The van der Waals surface area contributed by atoms with E-state index in [1.54, 1.807) is 6.92 Å². The van der Waals surface area contributed by atoms with E-state index in [1.807, 2.05) is 6.92 Å². The van der Waals surface area contributed by atoms with E-state index < -0.39 is 28.8 Å². The standard InChI is InChI=1S/C15H20F3NO2/c1-3-5-9-14(4-2,13(20)21)10-7-6-8-11(12(10)19)15(16,17)18/h6-8H,3-5,9,19H2,1-2H3,(H,20,21). The van der Waals surface area contributed by atoms with Gasteiger partial charge in [0.2, 0.25) is 0 Å². The molecule has 1 aromatic carbocycles. The van der Waals surface area contributed by atoms with Crippen LogP contribution in [0, 0.1) is 0 Å². The van der Waals surface area contributed by atoms with Crippen LogP contribution in [0.15, 0.2) is 18.2 Å². The fourth-order valence-electron chi connectivity index (χ4n) is 2.58. The van der Waals surface area contributed by atoms with Crippen molar-refractivity contribution in [3.05, 3.63) is 29.3 Å². The first-order chi connectivity index (χ1) is 9.70. The number of aliphatic carboxylic acids is 1. The molecule has 1 unspecified atom stereocenters. The summed E-state index contributed by atoms with van der Waals surface area (Å²) in [7, 11) is 0. The summed E-state index contributed by atoms with van der Waals surface area (Å²) in [6, 6.07) is 3.48. The lowest BCUT2D eigenvalue weighted by Crippen LogP contribution is -2.36. The molecular weight excluding hydrogens is 283 g/mol. The molecule has 21 heavy (non-hydrogen) atoms. The summed E-state index contributed by atoms with van der Waals surface area (Å²) in [6.07, 6.45) is -2.78. The van der Waals surface area contributed by atoms with Gasteiger partial charge in [-0.3, -0.25) is 4.79 Å². The van der Waals surface area contributed by atoms with E-state index in [0.717, 1.165) is 12.5 Å². The van der Waals surface area contributed by atoms with Gasteiger partial charge < -0.3 is 10.8 Å². The van der Waals surface area contributed by atoms with Gasteiger partial charge in [-0.25, -0.2) is 0 Å². The number of carboxylic acid groups (broad SMARTS) is 1. The molecule has 0 bridgehead atoms. The van der Waals surface area contributed by atoms with Crippen molar-refractivity contribution in [2.75, 3.05) is 5.73 Å². The van der Waals surface area contributed by atoms with Gasteiger partial charge in [0.15, 0.2) is 0 Å². The highest BCUT2D eigenvalue weighted by Gasteiger charge is 2.42. The number of halogens is 3. The molecule has 0 aromatic heterocycles. The molecule has 6 heteroatoms. The van der Waals surface area contributed by atoms with Gasteiger partial charge in [-0.2, -0.15) is 13.2 Å². The summed E-state index contributed by atoms with van der Waals surface area (Å²) in [6.45, 7) is 3.56. The molecule has 0 radical (unpaired) electrons. The number of alkyl halides is 3. The molecule has 3 nitrogen and oxygen atoms in total. The van der Waals surface area contributed by atoms with Gasteiger partial charge in [0.1, 0.15) is 0 Å². The molecule has 1 atom stereocenters. The first-order valence-corrected chi connectivity index (χ1v) is 6.90. The van der Waals surface area contributed by atoms with E-state index in [0.29, 0.717) is 6.42 Å². The van der Waals surface area contributed by atoms with Crippen LogP contribution in [-0.4, -0.2) is 11.1 Å². The molecule has 0 amide bonds. The molecule has 0 aliphatic heterocycles. The monoisotopic (exact) mass is 303 g/mol. The van der Waals surface area contributed by atoms with Gasteiger partial charge in [-0.15, -0.1) is 0 Å². The lowest BCUT2D eigenvalue weighted by Gasteiger charge is -2.31. The lowest BCUT2D eigenvalue weighted by molar-refractivity contribution is -0.145. The minimum Gasteiger partial charge on any atom is -0.481 e. The number of hydrogen-bond donors (Lipinski definition) is 2. The summed E-state index contributed by atoms with van der Waals surface area (Å²) in [5.41, 5.74) is 2.88. The zero-order valence-corrected chi connectivity index (χ0v) is 12.1. The van der Waals surface area contributed by atoms with E-state index in [-0.39, 0.29) is 18.4 Å². The average molecular weight is 303 g/mol. The molecule has 0 saturated heterocycles. The largest absolute Gasteiger partial charge is 0.481 e. The molecule has 0 saturated carbocycles. The first-order valence-electron chi connectivity index (χ1n) is 6.90. The van der Waals surface area contributed by atoms with Gasteiger partial charge in [-0.1, -0.05) is 38.8 Å². The summed E-state index contributed by atoms with van der Waals surface area (Å²) >= 11 is 0. The van der Waals surface area contributed by atoms with Crippen molar-refractivity contribution in [2.24, 2.45) is 0 Å². The Kier molecular flexibility index (Phi) is 5.25. The SMILES string of the molecule is CCCCC(CC)(C(=O)O)c1cccc(C(F)(F)F)c1N. The van der Waals surface area contributed by atoms with E-state index in [4.69, 9.17) is 5.73 Å². The van der Waals surface area contributed by atoms with Gasteiger partial charge >= 0.3 is 12.1 Å². The van der Waals surface area contributed by atoms with Crippen LogP contribution in [0.25, 0.3) is 0 Å². The lowest BCUT2D eigenvalue weighted by atomic mass is 9.73. The molecule has 1 rings (SSSR count). The van der Waals surface area contributed by atoms with Crippen LogP contribution in [0.5, 0.6) is 0 Å². The quantitative estimate of drug-likeness (QED) is 0.774. The van der Waals surface area contributed by atoms with Crippen LogP contribution in [0.2, 0.25) is 0 Å². The minimum absolute atomic E-state index is 0.0563. The van der Waals surface area contributed by atoms with E-state index in [2.05, 4.69) is 0 Å². The molecule has 3 N–H and O–H groups in total. The Morgan fingerprint density at radius 2 is 1.81 bits per heavy atom. The van der Waals surface area contributed by atoms with Crippen molar-refractivity contribution in [3.8, 4) is 0 Å². The van der Waals surface area contributed by atoms with Crippen LogP contribution in [0.3, 0.4) is 0 Å². The number of nitrogen functional groups attached to an aromatic ring is 1. The van der Waals surface area contributed by atoms with Crippen molar-refractivity contribution in [3.63, 3.8) is 0 Å². The van der Waals surface area contributed by atoms with Gasteiger partial charge in [0, 0.05) is 5.69 Å². The molecule has 0 heterocycles. The molecule has 0 aliphatic rings. The molecule has 0 spiro atoms. The number of carbonyl (C=O) groups is 1. The highest BCUT2D eigenvalue weighted by Crippen LogP contribution is 2.42. The third-order valence-electron chi connectivity index (χ3n) is 3.90. The Morgan fingerprint density at radius 1 is 1.24 bits per heavy atom. The molecule has 0 fully saturated rings. The maximum absolute atomic E-state index is 12.9. The predicted octanol–water partition coefficient (Wildman–Crippen LogP) is 4.21. The van der Waals surface area contributed by atoms with E-state index in [9.17, 15) is 23.1 Å². The van der Waals surface area contributed by atoms with Crippen molar-refractivity contribution in [2.45, 2.75) is 51.1 Å². The van der Waals surface area contributed by atoms with Crippen LogP contribution in [0.1, 0.15) is 50.7 Å². The Morgan fingerprint density at radius 3 is 2.24 bits per heavy atom. The Bertz CT molecular complexity index is 514. The molecule has 1 aromatic rings. The highest BCUT2D eigenvalue weighted by molar-refractivity contribution is 5.84. The summed E-state index contributed by atoms with van der Waals surface area (Å²) in [5, 5.41) is 9.59. The second-order valence-corrected chi connectivity index (χ2v) is 5.11. The fraction of sp³-hybridized carbons (Fsp3) is 0.533. The number of benzene rings is 1. The summed E-state index contributed by atoms with van der Waals surface area (Å²) in [5.74, 6) is -1.13. The van der Waals surface area contributed by atoms with E-state index >= 15 is 0 Å². The Balaban J connectivity index is 3.49. The predicted molar refractivity (Wildman–Crippen MR) is 75.0 cm³/mol. The Hall–Kier alpha value is -1.72. The highest BCUT2D eigenvalue weighted by atomic mass is 19.4. The number of nitrogens with two attached hydrogens (primary N) is 1. The van der Waals surface area contributed by atoms with Crippen LogP contribution < -0.4 is 5.73 Å². The third-order valence-corrected chi connectivity index (χ3v) is 3.90. The second-order valence-electron chi connectivity index (χ2n) is 5.11. The fourth-order valence-corrected chi connectivity index (χ4v) is 2.58. The van der Waals surface area contributed by atoms with Gasteiger partial charge in [-0.05, 0) is 24.5 Å². The number of rotatable bonds is 6. The van der Waals surface area contributed by atoms with Crippen molar-refractivity contribution in [1.29, 1.82) is 0 Å². The topological polar surface area (TPSA) is 63.3 Å². The minimum atomic E-state index is -4.59. The zero-order valence-electron chi connectivity index (χ0n) is 12.1. The van der Waals surface area contributed by atoms with Crippen molar-refractivity contribution < 1.29 is 23.1 Å². The summed E-state index contributed by atoms with van der Waals surface area (Å²) in [4.78, 5) is 11.7. The molecule has 0 aliphatic carbocycles. The molecular formula is C15H20F3NO2. The number of carboxylic acids is 1. The van der Waals surface area contributed by atoms with Crippen LogP contribution in [0.4, 0.5) is 18.9 Å². The smallest absolute Gasteiger partial charge is 0.418 e.